The third-order valence-electron chi connectivity index (χ3n) is 3.66. The second-order valence-corrected chi connectivity index (χ2v) is 6.16. The van der Waals surface area contributed by atoms with E-state index in [0.717, 1.165) is 11.8 Å². The summed E-state index contributed by atoms with van der Waals surface area (Å²) in [5, 5.41) is 13.1. The minimum Gasteiger partial charge on any atom is -0.395 e. The standard InChI is InChI=1S/C12H25NOS/c1-8(2)10-5-11(6-10)13-9(3)12(7-14)15-4/h8-14H,5-7H2,1-4H3. The van der Waals surface area contributed by atoms with Gasteiger partial charge in [-0.3, -0.25) is 0 Å². The summed E-state index contributed by atoms with van der Waals surface area (Å²) in [6, 6.07) is 1.11. The Morgan fingerprint density at radius 1 is 1.33 bits per heavy atom. The Morgan fingerprint density at radius 2 is 1.93 bits per heavy atom. The van der Waals surface area contributed by atoms with Gasteiger partial charge < -0.3 is 10.4 Å². The molecule has 0 bridgehead atoms. The number of thioether (sulfide) groups is 1. The zero-order valence-corrected chi connectivity index (χ0v) is 11.2. The second-order valence-electron chi connectivity index (χ2n) is 5.08. The second kappa shape index (κ2) is 6.12. The minimum atomic E-state index is 0.273. The fraction of sp³-hybridized carbons (Fsp3) is 1.00. The van der Waals surface area contributed by atoms with Crippen LogP contribution in [0.1, 0.15) is 33.6 Å². The van der Waals surface area contributed by atoms with E-state index in [0.29, 0.717) is 17.3 Å². The van der Waals surface area contributed by atoms with E-state index in [2.05, 4.69) is 32.3 Å². The number of aliphatic hydroxyl groups is 1. The van der Waals surface area contributed by atoms with Crippen molar-refractivity contribution in [3.05, 3.63) is 0 Å². The molecule has 1 aliphatic carbocycles. The van der Waals surface area contributed by atoms with Gasteiger partial charge in [-0.05, 0) is 37.9 Å². The van der Waals surface area contributed by atoms with Crippen LogP contribution in [-0.4, -0.2) is 35.3 Å². The van der Waals surface area contributed by atoms with E-state index in [4.69, 9.17) is 0 Å². The van der Waals surface area contributed by atoms with E-state index < -0.39 is 0 Å². The van der Waals surface area contributed by atoms with E-state index in [1.165, 1.54) is 12.8 Å². The van der Waals surface area contributed by atoms with E-state index >= 15 is 0 Å². The molecule has 1 rings (SSSR count). The number of aliphatic hydroxyl groups excluding tert-OH is 1. The highest BCUT2D eigenvalue weighted by atomic mass is 32.2. The zero-order valence-electron chi connectivity index (χ0n) is 10.4. The monoisotopic (exact) mass is 231 g/mol. The van der Waals surface area contributed by atoms with Gasteiger partial charge in [0, 0.05) is 17.3 Å². The summed E-state index contributed by atoms with van der Waals surface area (Å²) in [5.74, 6) is 1.74. The summed E-state index contributed by atoms with van der Waals surface area (Å²) >= 11 is 1.75. The van der Waals surface area contributed by atoms with Crippen molar-refractivity contribution in [2.24, 2.45) is 11.8 Å². The van der Waals surface area contributed by atoms with Gasteiger partial charge in [0.1, 0.15) is 0 Å². The van der Waals surface area contributed by atoms with Gasteiger partial charge >= 0.3 is 0 Å². The molecule has 2 atom stereocenters. The third kappa shape index (κ3) is 3.65. The highest BCUT2D eigenvalue weighted by molar-refractivity contribution is 7.99. The summed E-state index contributed by atoms with van der Waals surface area (Å²) in [6.07, 6.45) is 4.69. The first-order chi connectivity index (χ1) is 7.08. The molecule has 1 saturated carbocycles. The lowest BCUT2D eigenvalue weighted by Gasteiger charge is -2.41. The first kappa shape index (κ1) is 13.3. The maximum atomic E-state index is 9.18. The minimum absolute atomic E-state index is 0.273. The predicted molar refractivity (Wildman–Crippen MR) is 68.3 cm³/mol. The fourth-order valence-corrected chi connectivity index (χ4v) is 2.89. The van der Waals surface area contributed by atoms with Crippen LogP contribution >= 0.6 is 11.8 Å². The number of nitrogens with one attached hydrogen (secondary N) is 1. The maximum absolute atomic E-state index is 9.18. The SMILES string of the molecule is CSC(CO)C(C)NC1CC(C(C)C)C1. The molecule has 0 aromatic heterocycles. The molecule has 0 heterocycles. The number of rotatable bonds is 6. The summed E-state index contributed by atoms with van der Waals surface area (Å²) in [5.41, 5.74) is 0. The zero-order chi connectivity index (χ0) is 11.4. The lowest BCUT2D eigenvalue weighted by molar-refractivity contribution is 0.154. The quantitative estimate of drug-likeness (QED) is 0.734. The molecule has 90 valence electrons. The Balaban J connectivity index is 2.20. The van der Waals surface area contributed by atoms with Gasteiger partial charge in [-0.25, -0.2) is 0 Å². The normalized spacial score (nSPS) is 30.0. The van der Waals surface area contributed by atoms with Crippen LogP contribution in [0.5, 0.6) is 0 Å². The van der Waals surface area contributed by atoms with Crippen molar-refractivity contribution in [1.29, 1.82) is 0 Å². The van der Waals surface area contributed by atoms with E-state index in [9.17, 15) is 5.11 Å². The van der Waals surface area contributed by atoms with Crippen LogP contribution in [-0.2, 0) is 0 Å². The highest BCUT2D eigenvalue weighted by Crippen LogP contribution is 2.34. The van der Waals surface area contributed by atoms with Crippen LogP contribution in [0.4, 0.5) is 0 Å². The molecule has 0 spiro atoms. The smallest absolute Gasteiger partial charge is 0.0564 e. The van der Waals surface area contributed by atoms with Crippen LogP contribution in [0.25, 0.3) is 0 Å². The van der Waals surface area contributed by atoms with Gasteiger partial charge in [-0.15, -0.1) is 0 Å². The molecule has 0 amide bonds. The summed E-state index contributed by atoms with van der Waals surface area (Å²) in [4.78, 5) is 0. The fourth-order valence-electron chi connectivity index (χ4n) is 2.26. The van der Waals surface area contributed by atoms with Crippen LogP contribution in [0.15, 0.2) is 0 Å². The van der Waals surface area contributed by atoms with Crippen LogP contribution < -0.4 is 5.32 Å². The number of hydrogen-bond acceptors (Lipinski definition) is 3. The van der Waals surface area contributed by atoms with E-state index in [1.54, 1.807) is 11.8 Å². The van der Waals surface area contributed by atoms with Crippen LogP contribution in [0, 0.1) is 11.8 Å². The molecule has 3 heteroatoms. The largest absolute Gasteiger partial charge is 0.395 e. The molecule has 15 heavy (non-hydrogen) atoms. The van der Waals surface area contributed by atoms with Gasteiger partial charge in [-0.1, -0.05) is 13.8 Å². The Morgan fingerprint density at radius 3 is 2.33 bits per heavy atom. The maximum Gasteiger partial charge on any atom is 0.0564 e. The van der Waals surface area contributed by atoms with Gasteiger partial charge in [0.05, 0.1) is 6.61 Å². The topological polar surface area (TPSA) is 32.3 Å². The Labute approximate surface area is 98.2 Å². The molecule has 0 aliphatic heterocycles. The van der Waals surface area contributed by atoms with Crippen molar-refractivity contribution in [1.82, 2.24) is 5.32 Å². The van der Waals surface area contributed by atoms with Gasteiger partial charge in [0.15, 0.2) is 0 Å². The molecule has 0 aromatic carbocycles. The van der Waals surface area contributed by atoms with Crippen LogP contribution in [0.3, 0.4) is 0 Å². The first-order valence-electron chi connectivity index (χ1n) is 5.98. The van der Waals surface area contributed by atoms with Crippen molar-refractivity contribution in [2.75, 3.05) is 12.9 Å². The summed E-state index contributed by atoms with van der Waals surface area (Å²) in [7, 11) is 0. The van der Waals surface area contributed by atoms with Crippen molar-refractivity contribution in [2.45, 2.75) is 50.9 Å². The van der Waals surface area contributed by atoms with Gasteiger partial charge in [0.2, 0.25) is 0 Å². The average Bonchev–Trinajstić information content (AvgIpc) is 2.12. The van der Waals surface area contributed by atoms with Crippen molar-refractivity contribution in [3.8, 4) is 0 Å². The molecular weight excluding hydrogens is 206 g/mol. The molecule has 1 aliphatic rings. The highest BCUT2D eigenvalue weighted by Gasteiger charge is 2.32. The lowest BCUT2D eigenvalue weighted by Crippen LogP contribution is -2.50. The third-order valence-corrected chi connectivity index (χ3v) is 4.82. The molecule has 1 fully saturated rings. The molecule has 2 nitrogen and oxygen atoms in total. The Hall–Kier alpha value is 0.270. The van der Waals surface area contributed by atoms with E-state index in [-0.39, 0.29) is 6.61 Å². The number of hydrogen-bond donors (Lipinski definition) is 2. The predicted octanol–water partition coefficient (Wildman–Crippen LogP) is 2.12. The van der Waals surface area contributed by atoms with Gasteiger partial charge in [0.25, 0.3) is 0 Å². The Bertz CT molecular complexity index is 176. The van der Waals surface area contributed by atoms with E-state index in [1.807, 2.05) is 0 Å². The van der Waals surface area contributed by atoms with Crippen molar-refractivity contribution < 1.29 is 5.11 Å². The lowest BCUT2D eigenvalue weighted by atomic mass is 9.73. The average molecular weight is 231 g/mol. The molecule has 0 aromatic rings. The van der Waals surface area contributed by atoms with Gasteiger partial charge in [-0.2, -0.15) is 11.8 Å². The summed E-state index contributed by atoms with van der Waals surface area (Å²) in [6.45, 7) is 7.07. The summed E-state index contributed by atoms with van der Waals surface area (Å²) < 4.78 is 0. The molecule has 2 unspecified atom stereocenters. The van der Waals surface area contributed by atoms with Crippen LogP contribution in [0.2, 0.25) is 0 Å². The molecule has 0 radical (unpaired) electrons. The first-order valence-corrected chi connectivity index (χ1v) is 7.27. The molecule has 2 N–H and O–H groups in total. The molecular formula is C12H25NOS. The van der Waals surface area contributed by atoms with Crippen molar-refractivity contribution >= 4 is 11.8 Å². The Kier molecular flexibility index (Phi) is 5.44. The van der Waals surface area contributed by atoms with Crippen molar-refractivity contribution in [3.63, 3.8) is 0 Å². The molecule has 0 saturated heterocycles.